The summed E-state index contributed by atoms with van der Waals surface area (Å²) >= 11 is 0. The molecule has 3 N–H and O–H groups in total. The van der Waals surface area contributed by atoms with Crippen molar-refractivity contribution in [2.45, 2.75) is 36.5 Å². The van der Waals surface area contributed by atoms with Gasteiger partial charge in [-0.25, -0.2) is 15.0 Å². The summed E-state index contributed by atoms with van der Waals surface area (Å²) in [5.41, 5.74) is 3.87. The third kappa shape index (κ3) is 8.29. The second-order valence-corrected chi connectivity index (χ2v) is 14.2. The van der Waals surface area contributed by atoms with E-state index in [4.69, 9.17) is 43.1 Å². The molecule has 15 heteroatoms. The van der Waals surface area contributed by atoms with Crippen LogP contribution in [-0.2, 0) is 35.7 Å². The number of aliphatic hydroxyl groups excluding tert-OH is 1. The summed E-state index contributed by atoms with van der Waals surface area (Å²) in [4.78, 5) is 27.7. The normalized spacial score (nSPS) is 20.2. The maximum absolute atomic E-state index is 13.6. The van der Waals surface area contributed by atoms with Gasteiger partial charge < -0.3 is 48.9 Å². The van der Waals surface area contributed by atoms with Gasteiger partial charge in [-0.15, -0.1) is 0 Å². The Kier molecular flexibility index (Phi) is 12.6. The Morgan fingerprint density at radius 1 is 0.852 bits per heavy atom. The summed E-state index contributed by atoms with van der Waals surface area (Å²) in [5.74, 6) is 1.05. The maximum atomic E-state index is 13.6. The van der Waals surface area contributed by atoms with Crippen LogP contribution in [0.2, 0.25) is 0 Å². The maximum Gasteiger partial charge on any atom is 0.248 e. The first kappa shape index (κ1) is 41.1. The zero-order chi connectivity index (χ0) is 42.2. The molecule has 0 radical (unpaired) electrons. The first-order chi connectivity index (χ1) is 30.0. The van der Waals surface area contributed by atoms with Crippen molar-refractivity contribution in [2.24, 2.45) is 0 Å². The van der Waals surface area contributed by atoms with Crippen LogP contribution in [0, 0.1) is 0 Å². The lowest BCUT2D eigenvalue weighted by atomic mass is 9.77. The number of imidazole rings is 1. The Balaban J connectivity index is 1.13. The number of ether oxygens (including phenoxy) is 7. The minimum atomic E-state index is -1.19. The van der Waals surface area contributed by atoms with Gasteiger partial charge in [0.15, 0.2) is 54.0 Å². The summed E-state index contributed by atoms with van der Waals surface area (Å²) in [6.07, 6.45) is 5.99. The highest BCUT2D eigenvalue weighted by Gasteiger charge is 2.45. The van der Waals surface area contributed by atoms with Crippen LogP contribution in [0.4, 0.5) is 11.5 Å². The summed E-state index contributed by atoms with van der Waals surface area (Å²) in [6.45, 7) is -0.0316. The van der Waals surface area contributed by atoms with Crippen molar-refractivity contribution in [2.75, 3.05) is 52.2 Å². The van der Waals surface area contributed by atoms with Crippen LogP contribution in [0.1, 0.15) is 28.5 Å². The molecule has 2 aliphatic heterocycles. The van der Waals surface area contributed by atoms with Gasteiger partial charge in [-0.05, 0) is 29.2 Å². The van der Waals surface area contributed by atoms with Crippen molar-refractivity contribution in [1.29, 1.82) is 0 Å². The fourth-order valence-corrected chi connectivity index (χ4v) is 7.83. The number of fused-ring (bicyclic) bond motifs is 4. The lowest BCUT2D eigenvalue weighted by Crippen LogP contribution is -2.38. The zero-order valence-corrected chi connectivity index (χ0v) is 33.8. The number of hydrogen-bond donors (Lipinski definition) is 3. The first-order valence-electron chi connectivity index (χ1n) is 19.7. The molecule has 4 atom stereocenters. The molecular formula is C46H46N6O9. The summed E-state index contributed by atoms with van der Waals surface area (Å²) in [5, 5.41) is 18.6. The van der Waals surface area contributed by atoms with Crippen LogP contribution in [0.15, 0.2) is 134 Å². The number of anilines is 2. The Morgan fingerprint density at radius 3 is 2.15 bits per heavy atom. The number of amides is 1. The van der Waals surface area contributed by atoms with Crippen LogP contribution < -0.4 is 24.8 Å². The average Bonchev–Trinajstić information content (AvgIpc) is 3.87. The van der Waals surface area contributed by atoms with E-state index in [0.29, 0.717) is 51.9 Å². The molecule has 1 fully saturated rings. The van der Waals surface area contributed by atoms with Gasteiger partial charge in [0.1, 0.15) is 30.2 Å². The van der Waals surface area contributed by atoms with Crippen molar-refractivity contribution < 1.29 is 43.1 Å². The summed E-state index contributed by atoms with van der Waals surface area (Å²) < 4.78 is 42.3. The first-order valence-corrected chi connectivity index (χ1v) is 19.7. The van der Waals surface area contributed by atoms with Crippen molar-refractivity contribution in [1.82, 2.24) is 19.5 Å². The van der Waals surface area contributed by atoms with Crippen molar-refractivity contribution in [3.63, 3.8) is 0 Å². The molecule has 8 rings (SSSR count). The number of methoxy groups -OCH3 is 3. The van der Waals surface area contributed by atoms with E-state index in [9.17, 15) is 9.90 Å². The predicted octanol–water partition coefficient (Wildman–Crippen LogP) is 6.16. The number of aromatic nitrogens is 4. The molecule has 2 bridgehead atoms. The molecule has 15 nitrogen and oxygen atoms in total. The van der Waals surface area contributed by atoms with Crippen LogP contribution >= 0.6 is 0 Å². The summed E-state index contributed by atoms with van der Waals surface area (Å²) in [6, 6.07) is 32.1. The van der Waals surface area contributed by atoms with Gasteiger partial charge in [0.2, 0.25) is 5.91 Å². The molecule has 314 valence electrons. The van der Waals surface area contributed by atoms with E-state index >= 15 is 0 Å². The second-order valence-electron chi connectivity index (χ2n) is 14.2. The largest absolute Gasteiger partial charge is 0.492 e. The molecule has 61 heavy (non-hydrogen) atoms. The van der Waals surface area contributed by atoms with Gasteiger partial charge in [0.05, 0.1) is 25.7 Å². The molecule has 0 saturated carbocycles. The molecule has 2 aliphatic rings. The standard InChI is InChI=1S/C46H46N6O9/c1-55-28-59-36-25-34-40(60-29-56-2)33(41(36)57-3)21-13-14-24-58-42-35(22-23-37(53)50-34)61-45(39(42)54)52-27-49-38-43(47-26-48-44(38)52)51-46(30-15-7-4-8-16-30,31-17-9-5-10-18-31)32-19-11-6-12-20-32/h4-20,22-23,25-27,35,39,42,45,54H,21,24,28-29H2,1-3H3,(H,50,53)(H,47,48,51)/b14-13-,23-22+/t35-,39-,42-,45-/m1/s1. The number of nitrogens with one attached hydrogen (secondary N) is 2. The molecule has 0 aliphatic carbocycles. The monoisotopic (exact) mass is 826 g/mol. The van der Waals surface area contributed by atoms with E-state index in [0.717, 1.165) is 16.7 Å². The molecule has 0 spiro atoms. The van der Waals surface area contributed by atoms with Crippen LogP contribution in [0.5, 0.6) is 17.2 Å². The Hall–Kier alpha value is -6.62. The number of aliphatic hydroxyl groups is 1. The quantitative estimate of drug-likeness (QED) is 0.0689. The Labute approximate surface area is 352 Å². The van der Waals surface area contributed by atoms with Gasteiger partial charge in [-0.3, -0.25) is 9.36 Å². The minimum absolute atomic E-state index is 0.0547. The van der Waals surface area contributed by atoms with E-state index in [1.165, 1.54) is 33.7 Å². The molecule has 2 aromatic heterocycles. The van der Waals surface area contributed by atoms with E-state index in [1.54, 1.807) is 23.0 Å². The van der Waals surface area contributed by atoms with E-state index in [-0.39, 0.29) is 20.2 Å². The highest BCUT2D eigenvalue weighted by molar-refractivity contribution is 6.01. The summed E-state index contributed by atoms with van der Waals surface area (Å²) in [7, 11) is 4.52. The smallest absolute Gasteiger partial charge is 0.248 e. The molecule has 6 aromatic rings. The van der Waals surface area contributed by atoms with Gasteiger partial charge in [-0.1, -0.05) is 103 Å². The van der Waals surface area contributed by atoms with Gasteiger partial charge in [-0.2, -0.15) is 0 Å². The molecule has 4 heterocycles. The molecule has 1 amide bonds. The number of carbonyl (C=O) groups is 1. The number of hydrogen-bond acceptors (Lipinski definition) is 13. The minimum Gasteiger partial charge on any atom is -0.492 e. The van der Waals surface area contributed by atoms with Crippen LogP contribution in [0.25, 0.3) is 11.2 Å². The fourth-order valence-electron chi connectivity index (χ4n) is 7.83. The van der Waals surface area contributed by atoms with Crippen molar-refractivity contribution in [3.05, 3.63) is 156 Å². The van der Waals surface area contributed by atoms with E-state index in [1.807, 2.05) is 66.7 Å². The zero-order valence-electron chi connectivity index (χ0n) is 33.8. The van der Waals surface area contributed by atoms with Gasteiger partial charge >= 0.3 is 0 Å². The number of carbonyl (C=O) groups excluding carboxylic acids is 1. The highest BCUT2D eigenvalue weighted by atomic mass is 16.7. The number of benzene rings is 4. The van der Waals surface area contributed by atoms with Crippen LogP contribution in [0.3, 0.4) is 0 Å². The van der Waals surface area contributed by atoms with Crippen LogP contribution in [-0.4, -0.2) is 90.4 Å². The highest BCUT2D eigenvalue weighted by Crippen LogP contribution is 2.45. The topological polar surface area (TPSA) is 170 Å². The van der Waals surface area contributed by atoms with E-state index < -0.39 is 36.0 Å². The second kappa shape index (κ2) is 18.8. The Bertz CT molecular complexity index is 2390. The molecule has 4 aromatic carbocycles. The number of allylic oxidation sites excluding steroid dienone is 1. The van der Waals surface area contributed by atoms with Crippen molar-refractivity contribution in [3.8, 4) is 17.2 Å². The van der Waals surface area contributed by atoms with Crippen molar-refractivity contribution >= 4 is 28.6 Å². The molecule has 1 saturated heterocycles. The Morgan fingerprint density at radius 2 is 1.51 bits per heavy atom. The third-order valence-electron chi connectivity index (χ3n) is 10.5. The fraction of sp³-hybridized carbons (Fsp3) is 0.261. The number of rotatable bonds is 13. The van der Waals surface area contributed by atoms with E-state index in [2.05, 4.69) is 52.0 Å². The molecular weight excluding hydrogens is 781 g/mol. The lowest BCUT2D eigenvalue weighted by molar-refractivity contribution is -0.112. The van der Waals surface area contributed by atoms with Gasteiger partial charge in [0, 0.05) is 31.9 Å². The SMILES string of the molecule is COCOc1cc2c(OCOC)c(c1OC)C/C=C\CO[C@H]1[C@@H](O)[C@H](n3cnc4c(NC(c5ccccc5)(c5ccccc5)c5ccccc5)ncnc43)O[C@@H]1/C=C/C(=O)N2. The average molecular weight is 827 g/mol. The van der Waals surface area contributed by atoms with Gasteiger partial charge in [0.25, 0.3) is 0 Å². The number of nitrogens with zero attached hydrogens (tertiary/aromatic N) is 4. The molecule has 0 unspecified atom stereocenters. The third-order valence-corrected chi connectivity index (χ3v) is 10.5. The predicted molar refractivity (Wildman–Crippen MR) is 226 cm³/mol. The lowest BCUT2D eigenvalue weighted by Gasteiger charge is -2.37.